The molecule has 4 aliphatic rings. The third-order valence-corrected chi connectivity index (χ3v) is 6.68. The van der Waals surface area contributed by atoms with Crippen LogP contribution in [0.1, 0.15) is 25.7 Å². The highest BCUT2D eigenvalue weighted by molar-refractivity contribution is 6.05. The highest BCUT2D eigenvalue weighted by Crippen LogP contribution is 2.35. The van der Waals surface area contributed by atoms with E-state index in [4.69, 9.17) is 9.47 Å². The number of imide groups is 1. The van der Waals surface area contributed by atoms with E-state index in [1.54, 1.807) is 12.1 Å². The molecule has 0 saturated carbocycles. The number of carbonyl (C=O) groups is 3. The third kappa shape index (κ3) is 3.45. The molecule has 0 aromatic heterocycles. The normalized spacial score (nSPS) is 29.8. The first-order valence-electron chi connectivity index (χ1n) is 10.6. The van der Waals surface area contributed by atoms with Crippen LogP contribution in [-0.2, 0) is 14.4 Å². The van der Waals surface area contributed by atoms with Crippen LogP contribution in [0.3, 0.4) is 0 Å². The van der Waals surface area contributed by atoms with Gasteiger partial charge in [-0.2, -0.15) is 0 Å². The summed E-state index contributed by atoms with van der Waals surface area (Å²) in [6.07, 6.45) is 6.82. The molecule has 2 atom stereocenters. The number of anilines is 1. The number of likely N-dealkylation sites (tertiary alicyclic amines) is 2. The molecular formula is C22H26N3O5+. The highest BCUT2D eigenvalue weighted by Gasteiger charge is 2.48. The number of piperidine rings is 1. The first-order valence-corrected chi connectivity index (χ1v) is 10.6. The molecule has 0 bridgehead atoms. The van der Waals surface area contributed by atoms with Crippen molar-refractivity contribution in [2.24, 2.45) is 17.8 Å². The maximum atomic E-state index is 12.7. The molecule has 1 aliphatic carbocycles. The molecule has 1 aromatic rings. The van der Waals surface area contributed by atoms with E-state index in [1.807, 2.05) is 18.2 Å². The number of nitrogens with one attached hydrogen (secondary N) is 2. The second-order valence-electron chi connectivity index (χ2n) is 8.50. The van der Waals surface area contributed by atoms with E-state index in [9.17, 15) is 14.4 Å². The Balaban J connectivity index is 1.13. The average molecular weight is 412 g/mol. The molecule has 2 saturated heterocycles. The van der Waals surface area contributed by atoms with E-state index in [2.05, 4.69) is 5.32 Å². The average Bonchev–Trinajstić information content (AvgIpc) is 3.33. The Kier molecular flexibility index (Phi) is 4.94. The van der Waals surface area contributed by atoms with Crippen molar-refractivity contribution < 1.29 is 28.8 Å². The second kappa shape index (κ2) is 7.75. The Labute approximate surface area is 174 Å². The summed E-state index contributed by atoms with van der Waals surface area (Å²) in [7, 11) is 0. The topological polar surface area (TPSA) is 89.4 Å². The monoisotopic (exact) mass is 412 g/mol. The van der Waals surface area contributed by atoms with E-state index in [0.717, 1.165) is 25.9 Å². The fourth-order valence-corrected chi connectivity index (χ4v) is 4.91. The number of rotatable bonds is 4. The van der Waals surface area contributed by atoms with Gasteiger partial charge in [0.2, 0.25) is 24.5 Å². The van der Waals surface area contributed by atoms with Gasteiger partial charge in [0.1, 0.15) is 0 Å². The molecule has 0 unspecified atom stereocenters. The first-order chi connectivity index (χ1) is 14.6. The van der Waals surface area contributed by atoms with Gasteiger partial charge in [0, 0.05) is 30.5 Å². The van der Waals surface area contributed by atoms with Crippen molar-refractivity contribution in [2.45, 2.75) is 25.7 Å². The van der Waals surface area contributed by atoms with Crippen LogP contribution in [0.25, 0.3) is 0 Å². The first kappa shape index (κ1) is 19.1. The number of hydrogen-bond donors (Lipinski definition) is 2. The molecule has 3 aliphatic heterocycles. The molecule has 158 valence electrons. The van der Waals surface area contributed by atoms with Crippen molar-refractivity contribution in [2.75, 3.05) is 31.9 Å². The number of ether oxygens (including phenoxy) is 2. The van der Waals surface area contributed by atoms with Crippen LogP contribution < -0.4 is 19.7 Å². The van der Waals surface area contributed by atoms with Crippen LogP contribution in [0, 0.1) is 17.8 Å². The van der Waals surface area contributed by atoms with Gasteiger partial charge in [0.25, 0.3) is 0 Å². The van der Waals surface area contributed by atoms with Crippen molar-refractivity contribution in [3.05, 3.63) is 30.4 Å². The fraction of sp³-hybridized carbons (Fsp3) is 0.500. The van der Waals surface area contributed by atoms with Crippen LogP contribution in [-0.4, -0.2) is 49.2 Å². The Hall–Kier alpha value is -2.87. The number of hydrogen-bond acceptors (Lipinski definition) is 5. The molecule has 2 fully saturated rings. The summed E-state index contributed by atoms with van der Waals surface area (Å²) in [4.78, 5) is 40.6. The molecule has 3 heterocycles. The minimum atomic E-state index is -0.174. The van der Waals surface area contributed by atoms with Gasteiger partial charge in [0.15, 0.2) is 18.2 Å². The molecule has 1 aromatic carbocycles. The molecule has 2 N–H and O–H groups in total. The smallest absolute Gasteiger partial charge is 0.237 e. The van der Waals surface area contributed by atoms with Gasteiger partial charge in [0.05, 0.1) is 24.9 Å². The summed E-state index contributed by atoms with van der Waals surface area (Å²) in [5.41, 5.74) is 0.698. The van der Waals surface area contributed by atoms with Crippen LogP contribution in [0.2, 0.25) is 0 Å². The Morgan fingerprint density at radius 1 is 1.03 bits per heavy atom. The number of nitrogens with zero attached hydrogens (tertiary/aromatic N) is 1. The van der Waals surface area contributed by atoms with Gasteiger partial charge < -0.3 is 19.7 Å². The summed E-state index contributed by atoms with van der Waals surface area (Å²) < 4.78 is 10.6. The summed E-state index contributed by atoms with van der Waals surface area (Å²) >= 11 is 0. The van der Waals surface area contributed by atoms with E-state index in [0.29, 0.717) is 36.7 Å². The lowest BCUT2D eigenvalue weighted by Crippen LogP contribution is -3.14. The molecule has 5 rings (SSSR count). The standard InChI is InChI=1S/C22H25N3O5/c26-20(23-15-5-6-18-19(11-15)30-13-29-18)14-7-9-24(10-8-14)12-25-21(27)16-3-1-2-4-17(16)22(25)28/h1-2,5-6,11,14,16-17H,3-4,7-10,12-13H2,(H,23,26)/p+1/t16-,17+. The lowest BCUT2D eigenvalue weighted by atomic mass is 9.85. The third-order valence-electron chi connectivity index (χ3n) is 6.68. The van der Waals surface area contributed by atoms with Gasteiger partial charge >= 0.3 is 0 Å². The molecule has 0 spiro atoms. The number of quaternary nitrogens is 1. The minimum absolute atomic E-state index is 0.00154. The SMILES string of the molecule is O=C(Nc1ccc2c(c1)OCO2)C1CC[NH+](CN2C(=O)[C@H]3CC=CC[C@H]3C2=O)CC1. The number of amides is 3. The quantitative estimate of drug-likeness (QED) is 0.557. The maximum Gasteiger partial charge on any atom is 0.237 e. The van der Waals surface area contributed by atoms with Crippen LogP contribution in [0.4, 0.5) is 5.69 Å². The number of fused-ring (bicyclic) bond motifs is 2. The van der Waals surface area contributed by atoms with E-state index in [1.165, 1.54) is 9.80 Å². The predicted molar refractivity (Wildman–Crippen MR) is 107 cm³/mol. The zero-order chi connectivity index (χ0) is 20.7. The second-order valence-corrected chi connectivity index (χ2v) is 8.50. The fourth-order valence-electron chi connectivity index (χ4n) is 4.91. The van der Waals surface area contributed by atoms with Gasteiger partial charge in [-0.3, -0.25) is 14.4 Å². The summed E-state index contributed by atoms with van der Waals surface area (Å²) in [6, 6.07) is 5.38. The van der Waals surface area contributed by atoms with Gasteiger partial charge in [-0.15, -0.1) is 0 Å². The zero-order valence-electron chi connectivity index (χ0n) is 16.8. The van der Waals surface area contributed by atoms with Gasteiger partial charge in [-0.05, 0) is 25.0 Å². The summed E-state index contributed by atoms with van der Waals surface area (Å²) in [5, 5.41) is 2.97. The van der Waals surface area contributed by atoms with Crippen molar-refractivity contribution in [3.63, 3.8) is 0 Å². The van der Waals surface area contributed by atoms with E-state index >= 15 is 0 Å². The van der Waals surface area contributed by atoms with Crippen molar-refractivity contribution >= 4 is 23.4 Å². The van der Waals surface area contributed by atoms with E-state index < -0.39 is 0 Å². The van der Waals surface area contributed by atoms with Crippen molar-refractivity contribution in [1.29, 1.82) is 0 Å². The Morgan fingerprint density at radius 3 is 2.40 bits per heavy atom. The zero-order valence-corrected chi connectivity index (χ0v) is 16.8. The Bertz CT molecular complexity index is 880. The van der Waals surface area contributed by atoms with Gasteiger partial charge in [-0.1, -0.05) is 12.2 Å². The van der Waals surface area contributed by atoms with Crippen LogP contribution in [0.5, 0.6) is 11.5 Å². The van der Waals surface area contributed by atoms with Crippen LogP contribution >= 0.6 is 0 Å². The number of carbonyl (C=O) groups excluding carboxylic acids is 3. The largest absolute Gasteiger partial charge is 0.454 e. The number of benzene rings is 1. The molecule has 8 heteroatoms. The van der Waals surface area contributed by atoms with Gasteiger partial charge in [-0.25, -0.2) is 4.90 Å². The lowest BCUT2D eigenvalue weighted by Gasteiger charge is -2.30. The molecule has 0 radical (unpaired) electrons. The molecule has 8 nitrogen and oxygen atoms in total. The van der Waals surface area contributed by atoms with Crippen molar-refractivity contribution in [3.8, 4) is 11.5 Å². The minimum Gasteiger partial charge on any atom is -0.454 e. The van der Waals surface area contributed by atoms with Crippen molar-refractivity contribution in [1.82, 2.24) is 4.90 Å². The number of allylic oxidation sites excluding steroid dienone is 2. The predicted octanol–water partition coefficient (Wildman–Crippen LogP) is 0.557. The van der Waals surface area contributed by atoms with Crippen LogP contribution in [0.15, 0.2) is 30.4 Å². The van der Waals surface area contributed by atoms with E-state index in [-0.39, 0.29) is 42.3 Å². The Morgan fingerprint density at radius 2 is 1.70 bits per heavy atom. The highest BCUT2D eigenvalue weighted by atomic mass is 16.7. The lowest BCUT2D eigenvalue weighted by molar-refractivity contribution is -0.913. The summed E-state index contributed by atoms with van der Waals surface area (Å²) in [6.45, 7) is 2.16. The molecule has 3 amide bonds. The molecular weight excluding hydrogens is 386 g/mol. The molecule has 30 heavy (non-hydrogen) atoms. The summed E-state index contributed by atoms with van der Waals surface area (Å²) in [5.74, 6) is 0.858. The maximum absolute atomic E-state index is 12.7.